The first-order valence-electron chi connectivity index (χ1n) is 9.13. The van der Waals surface area contributed by atoms with Crippen LogP contribution in [-0.2, 0) is 11.2 Å². The first-order valence-corrected chi connectivity index (χ1v) is 9.13. The molecule has 1 heterocycles. The molecule has 1 aliphatic heterocycles. The molecule has 0 radical (unpaired) electrons. The highest BCUT2D eigenvalue weighted by atomic mass is 16.5. The maximum Gasteiger partial charge on any atom is 0.120 e. The summed E-state index contributed by atoms with van der Waals surface area (Å²) in [5, 5.41) is 0. The normalized spacial score (nSPS) is 15.5. The molecular formula is C22H27NO2. The molecule has 1 aliphatic rings. The summed E-state index contributed by atoms with van der Waals surface area (Å²) in [6.07, 6.45) is 6.42. The molecular weight excluding hydrogens is 310 g/mol. The Morgan fingerprint density at radius 1 is 1.00 bits per heavy atom. The number of benzene rings is 2. The third-order valence-electron chi connectivity index (χ3n) is 4.40. The molecule has 0 bridgehead atoms. The van der Waals surface area contributed by atoms with Crippen LogP contribution in [0.5, 0.6) is 5.75 Å². The lowest BCUT2D eigenvalue weighted by Crippen LogP contribution is -2.36. The molecule has 1 saturated heterocycles. The second kappa shape index (κ2) is 10.0. The predicted molar refractivity (Wildman–Crippen MR) is 103 cm³/mol. The smallest absolute Gasteiger partial charge is 0.120 e. The highest BCUT2D eigenvalue weighted by molar-refractivity contribution is 5.48. The molecule has 3 rings (SSSR count). The summed E-state index contributed by atoms with van der Waals surface area (Å²) in [6, 6.07) is 18.8. The number of nitrogens with zero attached hydrogens (tertiary/aromatic N) is 1. The van der Waals surface area contributed by atoms with E-state index < -0.39 is 0 Å². The van der Waals surface area contributed by atoms with Gasteiger partial charge in [0.1, 0.15) is 12.4 Å². The van der Waals surface area contributed by atoms with Crippen molar-refractivity contribution < 1.29 is 9.47 Å². The van der Waals surface area contributed by atoms with Crippen LogP contribution < -0.4 is 4.74 Å². The van der Waals surface area contributed by atoms with Gasteiger partial charge in [-0.2, -0.15) is 0 Å². The molecule has 0 unspecified atom stereocenters. The topological polar surface area (TPSA) is 21.7 Å². The fourth-order valence-electron chi connectivity index (χ4n) is 3.02. The fourth-order valence-corrected chi connectivity index (χ4v) is 3.02. The van der Waals surface area contributed by atoms with E-state index in [0.717, 1.165) is 45.0 Å². The molecule has 2 aromatic carbocycles. The minimum absolute atomic E-state index is 0.589. The maximum atomic E-state index is 5.85. The Kier molecular flexibility index (Phi) is 7.10. The van der Waals surface area contributed by atoms with E-state index in [1.807, 2.05) is 24.3 Å². The molecule has 25 heavy (non-hydrogen) atoms. The highest BCUT2D eigenvalue weighted by Crippen LogP contribution is 2.15. The lowest BCUT2D eigenvalue weighted by atomic mass is 10.1. The van der Waals surface area contributed by atoms with E-state index in [-0.39, 0.29) is 0 Å². The van der Waals surface area contributed by atoms with Crippen LogP contribution in [0.2, 0.25) is 0 Å². The Bertz CT molecular complexity index is 648. The molecule has 2 aromatic rings. The molecule has 0 N–H and O–H groups in total. The minimum atomic E-state index is 0.589. The summed E-state index contributed by atoms with van der Waals surface area (Å²) in [7, 11) is 0. The molecule has 0 spiro atoms. The molecule has 1 fully saturated rings. The summed E-state index contributed by atoms with van der Waals surface area (Å²) in [4.78, 5) is 2.48. The second-order valence-corrected chi connectivity index (χ2v) is 6.33. The largest absolute Gasteiger partial charge is 0.490 e. The number of morpholine rings is 1. The van der Waals surface area contributed by atoms with E-state index in [0.29, 0.717) is 6.61 Å². The Hall–Kier alpha value is -2.10. The number of aryl methyl sites for hydroxylation is 1. The third kappa shape index (κ3) is 6.37. The average molecular weight is 337 g/mol. The predicted octanol–water partition coefficient (Wildman–Crippen LogP) is 4.04. The van der Waals surface area contributed by atoms with Gasteiger partial charge in [-0.15, -0.1) is 0 Å². The molecule has 0 aliphatic carbocycles. The van der Waals surface area contributed by atoms with E-state index in [1.54, 1.807) is 0 Å². The highest BCUT2D eigenvalue weighted by Gasteiger charge is 2.09. The lowest BCUT2D eigenvalue weighted by molar-refractivity contribution is 0.0374. The summed E-state index contributed by atoms with van der Waals surface area (Å²) in [5.74, 6) is 0.946. The van der Waals surface area contributed by atoms with Gasteiger partial charge < -0.3 is 9.47 Å². The van der Waals surface area contributed by atoms with E-state index >= 15 is 0 Å². The van der Waals surface area contributed by atoms with Gasteiger partial charge >= 0.3 is 0 Å². The first-order chi connectivity index (χ1) is 12.4. The van der Waals surface area contributed by atoms with Gasteiger partial charge in [0.25, 0.3) is 0 Å². The SMILES string of the molecule is C(=C\c1ccccc1)/COc1cccc(CCCN2CCOCC2)c1. The minimum Gasteiger partial charge on any atom is -0.490 e. The quantitative estimate of drug-likeness (QED) is 0.725. The van der Waals surface area contributed by atoms with Crippen LogP contribution in [0.1, 0.15) is 17.5 Å². The average Bonchev–Trinajstić information content (AvgIpc) is 2.67. The van der Waals surface area contributed by atoms with Gasteiger partial charge in [0.15, 0.2) is 0 Å². The van der Waals surface area contributed by atoms with E-state index in [1.165, 1.54) is 17.5 Å². The molecule has 3 heteroatoms. The van der Waals surface area contributed by atoms with Crippen molar-refractivity contribution in [2.24, 2.45) is 0 Å². The van der Waals surface area contributed by atoms with Crippen LogP contribution in [0, 0.1) is 0 Å². The second-order valence-electron chi connectivity index (χ2n) is 6.33. The standard InChI is InChI=1S/C22H27NO2/c1-2-7-20(8-3-1)11-6-16-25-22-12-4-9-21(19-22)10-5-13-23-14-17-24-18-15-23/h1-4,6-9,11-12,19H,5,10,13-18H2/b11-6+. The van der Waals surface area contributed by atoms with Gasteiger partial charge in [-0.1, -0.05) is 48.5 Å². The Labute approximate surface area is 150 Å². The zero-order chi connectivity index (χ0) is 17.2. The van der Waals surface area contributed by atoms with Crippen molar-refractivity contribution in [1.82, 2.24) is 4.90 Å². The Morgan fingerprint density at radius 2 is 1.84 bits per heavy atom. The van der Waals surface area contributed by atoms with Crippen molar-refractivity contribution in [2.45, 2.75) is 12.8 Å². The number of ether oxygens (including phenoxy) is 2. The van der Waals surface area contributed by atoms with Gasteiger partial charge in [-0.05, 0) is 48.7 Å². The summed E-state index contributed by atoms with van der Waals surface area (Å²) >= 11 is 0. The number of hydrogen-bond acceptors (Lipinski definition) is 3. The Morgan fingerprint density at radius 3 is 2.68 bits per heavy atom. The van der Waals surface area contributed by atoms with E-state index in [9.17, 15) is 0 Å². The van der Waals surface area contributed by atoms with Crippen molar-refractivity contribution in [1.29, 1.82) is 0 Å². The molecule has 3 nitrogen and oxygen atoms in total. The van der Waals surface area contributed by atoms with Gasteiger partial charge in [-0.3, -0.25) is 4.90 Å². The molecule has 0 aromatic heterocycles. The van der Waals surface area contributed by atoms with Gasteiger partial charge in [-0.25, -0.2) is 0 Å². The van der Waals surface area contributed by atoms with Crippen LogP contribution >= 0.6 is 0 Å². The lowest BCUT2D eigenvalue weighted by Gasteiger charge is -2.26. The van der Waals surface area contributed by atoms with Crippen LogP contribution in [0.4, 0.5) is 0 Å². The summed E-state index contributed by atoms with van der Waals surface area (Å²) < 4.78 is 11.2. The van der Waals surface area contributed by atoms with E-state index in [4.69, 9.17) is 9.47 Å². The van der Waals surface area contributed by atoms with Crippen molar-refractivity contribution in [3.63, 3.8) is 0 Å². The summed E-state index contributed by atoms with van der Waals surface area (Å²) in [5.41, 5.74) is 2.54. The van der Waals surface area contributed by atoms with Crippen LogP contribution in [-0.4, -0.2) is 44.4 Å². The van der Waals surface area contributed by atoms with Crippen molar-refractivity contribution >= 4 is 6.08 Å². The van der Waals surface area contributed by atoms with Gasteiger partial charge in [0.05, 0.1) is 13.2 Å². The molecule has 0 atom stereocenters. The maximum absolute atomic E-state index is 5.85. The number of rotatable bonds is 8. The van der Waals surface area contributed by atoms with Gasteiger partial charge in [0.2, 0.25) is 0 Å². The third-order valence-corrected chi connectivity index (χ3v) is 4.40. The van der Waals surface area contributed by atoms with Crippen LogP contribution in [0.25, 0.3) is 6.08 Å². The van der Waals surface area contributed by atoms with Gasteiger partial charge in [0, 0.05) is 13.1 Å². The molecule has 0 saturated carbocycles. The van der Waals surface area contributed by atoms with Crippen molar-refractivity contribution in [2.75, 3.05) is 39.5 Å². The Balaban J connectivity index is 1.40. The molecule has 0 amide bonds. The first kappa shape index (κ1) is 17.7. The summed E-state index contributed by atoms with van der Waals surface area (Å²) in [6.45, 7) is 5.62. The van der Waals surface area contributed by atoms with Crippen LogP contribution in [0.3, 0.4) is 0 Å². The zero-order valence-corrected chi connectivity index (χ0v) is 14.8. The zero-order valence-electron chi connectivity index (χ0n) is 14.8. The van der Waals surface area contributed by atoms with Crippen LogP contribution in [0.15, 0.2) is 60.7 Å². The van der Waals surface area contributed by atoms with E-state index in [2.05, 4.69) is 47.4 Å². The number of hydrogen-bond donors (Lipinski definition) is 0. The monoisotopic (exact) mass is 337 g/mol. The fraction of sp³-hybridized carbons (Fsp3) is 0.364. The van der Waals surface area contributed by atoms with Crippen molar-refractivity contribution in [3.05, 3.63) is 71.8 Å². The van der Waals surface area contributed by atoms with Crippen molar-refractivity contribution in [3.8, 4) is 5.75 Å². The molecule has 132 valence electrons.